The number of ether oxygens (including phenoxy) is 1. The molecular weight excluding hydrogens is 250 g/mol. The molecule has 2 rings (SSSR count). The van der Waals surface area contributed by atoms with E-state index >= 15 is 0 Å². The van der Waals surface area contributed by atoms with Crippen molar-refractivity contribution in [1.29, 1.82) is 0 Å². The average Bonchev–Trinajstić information content (AvgIpc) is 2.77. The van der Waals surface area contributed by atoms with Gasteiger partial charge in [-0.25, -0.2) is 9.78 Å². The Kier molecular flexibility index (Phi) is 3.87. The molecule has 1 aromatic heterocycles. The van der Waals surface area contributed by atoms with E-state index < -0.39 is 0 Å². The van der Waals surface area contributed by atoms with Crippen molar-refractivity contribution in [3.8, 4) is 0 Å². The zero-order valence-corrected chi connectivity index (χ0v) is 11.8. The van der Waals surface area contributed by atoms with Crippen molar-refractivity contribution in [2.45, 2.75) is 26.3 Å². The van der Waals surface area contributed by atoms with Crippen LogP contribution in [0.4, 0.5) is 5.13 Å². The van der Waals surface area contributed by atoms with Crippen molar-refractivity contribution in [2.75, 3.05) is 31.1 Å². The maximum Gasteiger partial charge on any atom is 0.357 e. The highest BCUT2D eigenvalue weighted by molar-refractivity contribution is 7.13. The van der Waals surface area contributed by atoms with Gasteiger partial charge in [-0.1, -0.05) is 0 Å². The molecule has 0 spiro atoms. The number of carbonyl (C=O) groups is 1. The lowest BCUT2D eigenvalue weighted by molar-refractivity contribution is 0.0520. The van der Waals surface area contributed by atoms with E-state index in [4.69, 9.17) is 4.74 Å². The topological polar surface area (TPSA) is 54.5 Å². The first-order chi connectivity index (χ1) is 8.52. The number of esters is 1. The lowest BCUT2D eigenvalue weighted by atomic mass is 10.0. The third-order valence-electron chi connectivity index (χ3n) is 2.82. The van der Waals surface area contributed by atoms with E-state index in [2.05, 4.69) is 29.0 Å². The number of anilines is 1. The Morgan fingerprint density at radius 2 is 2.44 bits per heavy atom. The second-order valence-corrected chi connectivity index (χ2v) is 5.80. The first-order valence-electron chi connectivity index (χ1n) is 6.14. The predicted octanol–water partition coefficient (Wildman–Crippen LogP) is 1.51. The minimum absolute atomic E-state index is 0.0774. The molecule has 0 radical (unpaired) electrons. The number of hydrogen-bond acceptors (Lipinski definition) is 6. The summed E-state index contributed by atoms with van der Waals surface area (Å²) in [5, 5.41) is 6.11. The van der Waals surface area contributed by atoms with Crippen molar-refractivity contribution in [3.05, 3.63) is 11.1 Å². The Hall–Kier alpha value is -1.14. The second kappa shape index (κ2) is 5.24. The van der Waals surface area contributed by atoms with Crippen molar-refractivity contribution < 1.29 is 9.53 Å². The number of piperazine rings is 1. The van der Waals surface area contributed by atoms with Gasteiger partial charge in [0, 0.05) is 30.6 Å². The molecule has 0 saturated carbocycles. The maximum absolute atomic E-state index is 11.6. The molecule has 6 heteroatoms. The Morgan fingerprint density at radius 1 is 1.67 bits per heavy atom. The zero-order chi connectivity index (χ0) is 13.2. The van der Waals surface area contributed by atoms with Gasteiger partial charge in [0.2, 0.25) is 0 Å². The van der Waals surface area contributed by atoms with Crippen LogP contribution in [-0.2, 0) is 4.74 Å². The van der Waals surface area contributed by atoms with Crippen LogP contribution in [-0.4, -0.2) is 42.7 Å². The van der Waals surface area contributed by atoms with Crippen LogP contribution in [0.2, 0.25) is 0 Å². The number of carbonyl (C=O) groups excluding carboxylic acids is 1. The van der Waals surface area contributed by atoms with Crippen LogP contribution in [0.25, 0.3) is 0 Å². The molecule has 1 aromatic rings. The fourth-order valence-corrected chi connectivity index (χ4v) is 2.83. The van der Waals surface area contributed by atoms with Crippen LogP contribution in [0.1, 0.15) is 31.3 Å². The van der Waals surface area contributed by atoms with Crippen molar-refractivity contribution >= 4 is 22.4 Å². The molecule has 2 heterocycles. The number of nitrogens with zero attached hydrogens (tertiary/aromatic N) is 2. The lowest BCUT2D eigenvalue weighted by Crippen LogP contribution is -2.57. The van der Waals surface area contributed by atoms with Gasteiger partial charge in [0.05, 0.1) is 6.61 Å². The monoisotopic (exact) mass is 269 g/mol. The largest absolute Gasteiger partial charge is 0.461 e. The van der Waals surface area contributed by atoms with Gasteiger partial charge in [0.15, 0.2) is 10.8 Å². The van der Waals surface area contributed by atoms with Gasteiger partial charge in [0.25, 0.3) is 0 Å². The summed E-state index contributed by atoms with van der Waals surface area (Å²) in [5.41, 5.74) is 0.488. The van der Waals surface area contributed by atoms with E-state index in [-0.39, 0.29) is 11.5 Å². The van der Waals surface area contributed by atoms with Crippen LogP contribution < -0.4 is 10.2 Å². The molecule has 5 nitrogen and oxygen atoms in total. The normalized spacial score (nSPS) is 18.7. The second-order valence-electron chi connectivity index (χ2n) is 4.97. The number of nitrogens with one attached hydrogen (secondary N) is 1. The minimum atomic E-state index is -0.339. The zero-order valence-electron chi connectivity index (χ0n) is 11.0. The fourth-order valence-electron chi connectivity index (χ4n) is 2.01. The van der Waals surface area contributed by atoms with Crippen LogP contribution in [0.3, 0.4) is 0 Å². The first-order valence-corrected chi connectivity index (χ1v) is 7.02. The van der Waals surface area contributed by atoms with Crippen molar-refractivity contribution in [2.24, 2.45) is 0 Å². The number of hydrogen-bond donors (Lipinski definition) is 1. The Morgan fingerprint density at radius 3 is 3.11 bits per heavy atom. The smallest absolute Gasteiger partial charge is 0.357 e. The van der Waals surface area contributed by atoms with E-state index in [1.165, 1.54) is 11.3 Å². The summed E-state index contributed by atoms with van der Waals surface area (Å²) in [5.74, 6) is -0.339. The van der Waals surface area contributed by atoms with Gasteiger partial charge in [-0.2, -0.15) is 0 Å². The molecule has 0 bridgehead atoms. The predicted molar refractivity (Wildman–Crippen MR) is 72.4 cm³/mol. The van der Waals surface area contributed by atoms with E-state index in [1.807, 2.05) is 0 Å². The third kappa shape index (κ3) is 3.00. The van der Waals surface area contributed by atoms with E-state index in [9.17, 15) is 4.79 Å². The Balaban J connectivity index is 2.08. The van der Waals surface area contributed by atoms with Gasteiger partial charge in [-0.05, 0) is 20.8 Å². The van der Waals surface area contributed by atoms with Gasteiger partial charge in [0.1, 0.15) is 0 Å². The number of thiazole rings is 1. The van der Waals surface area contributed by atoms with Crippen LogP contribution in [0.5, 0.6) is 0 Å². The molecule has 1 saturated heterocycles. The molecule has 0 aromatic carbocycles. The Bertz CT molecular complexity index is 431. The molecule has 1 N–H and O–H groups in total. The molecule has 100 valence electrons. The van der Waals surface area contributed by atoms with E-state index in [0.29, 0.717) is 12.3 Å². The summed E-state index contributed by atoms with van der Waals surface area (Å²) in [6, 6.07) is 0. The fraction of sp³-hybridized carbons (Fsp3) is 0.667. The van der Waals surface area contributed by atoms with Crippen molar-refractivity contribution in [1.82, 2.24) is 10.3 Å². The molecule has 1 aliphatic rings. The molecular formula is C12H19N3O2S. The number of rotatable bonds is 3. The molecule has 0 amide bonds. The third-order valence-corrected chi connectivity index (χ3v) is 3.72. The number of aromatic nitrogens is 1. The highest BCUT2D eigenvalue weighted by atomic mass is 32.1. The first kappa shape index (κ1) is 13.3. The van der Waals surface area contributed by atoms with Crippen LogP contribution >= 0.6 is 11.3 Å². The summed E-state index contributed by atoms with van der Waals surface area (Å²) in [7, 11) is 0. The molecule has 0 atom stereocenters. The minimum Gasteiger partial charge on any atom is -0.461 e. The van der Waals surface area contributed by atoms with Gasteiger partial charge in [-0.15, -0.1) is 11.3 Å². The SMILES string of the molecule is CCOC(=O)c1csc(N2CCNC(C)(C)C2)n1. The molecule has 18 heavy (non-hydrogen) atoms. The van der Waals surface area contributed by atoms with E-state index in [1.54, 1.807) is 12.3 Å². The average molecular weight is 269 g/mol. The summed E-state index contributed by atoms with van der Waals surface area (Å²) < 4.78 is 4.94. The van der Waals surface area contributed by atoms with E-state index in [0.717, 1.165) is 24.8 Å². The Labute approximate surface area is 111 Å². The summed E-state index contributed by atoms with van der Waals surface area (Å²) in [4.78, 5) is 18.1. The summed E-state index contributed by atoms with van der Waals surface area (Å²) in [6.07, 6.45) is 0. The molecule has 0 aliphatic carbocycles. The maximum atomic E-state index is 11.6. The summed E-state index contributed by atoms with van der Waals surface area (Å²) >= 11 is 1.50. The highest BCUT2D eigenvalue weighted by Crippen LogP contribution is 2.24. The molecule has 1 aliphatic heterocycles. The molecule has 0 unspecified atom stereocenters. The molecule has 1 fully saturated rings. The van der Waals surface area contributed by atoms with Crippen LogP contribution in [0.15, 0.2) is 5.38 Å². The van der Waals surface area contributed by atoms with Gasteiger partial charge >= 0.3 is 5.97 Å². The highest BCUT2D eigenvalue weighted by Gasteiger charge is 2.27. The van der Waals surface area contributed by atoms with Crippen molar-refractivity contribution in [3.63, 3.8) is 0 Å². The van der Waals surface area contributed by atoms with Gasteiger partial charge in [-0.3, -0.25) is 0 Å². The quantitative estimate of drug-likeness (QED) is 0.843. The van der Waals surface area contributed by atoms with Crippen LogP contribution in [0, 0.1) is 0 Å². The lowest BCUT2D eigenvalue weighted by Gasteiger charge is -2.38. The van der Waals surface area contributed by atoms with Gasteiger partial charge < -0.3 is 15.0 Å². The summed E-state index contributed by atoms with van der Waals surface area (Å²) in [6.45, 7) is 9.25. The standard InChI is InChI=1S/C12H19N3O2S/c1-4-17-10(16)9-7-18-11(14-9)15-6-5-13-12(2,3)8-15/h7,13H,4-6,8H2,1-3H3.